The lowest BCUT2D eigenvalue weighted by Crippen LogP contribution is -2.49. The number of fused-ring (bicyclic) bond motifs is 2. The third kappa shape index (κ3) is 4.99. The molecule has 1 N–H and O–H groups in total. The predicted molar refractivity (Wildman–Crippen MR) is 145 cm³/mol. The molecule has 3 aromatic carbocycles. The molecule has 6 rings (SSSR count). The van der Waals surface area contributed by atoms with Gasteiger partial charge in [0.2, 0.25) is 0 Å². The van der Waals surface area contributed by atoms with Crippen molar-refractivity contribution in [2.45, 2.75) is 37.0 Å². The minimum absolute atomic E-state index is 0.226. The normalized spacial score (nSPS) is 19.2. The van der Waals surface area contributed by atoms with Crippen molar-refractivity contribution in [3.05, 3.63) is 107 Å². The van der Waals surface area contributed by atoms with Crippen LogP contribution in [0.3, 0.4) is 0 Å². The zero-order valence-electron chi connectivity index (χ0n) is 21.5. The van der Waals surface area contributed by atoms with E-state index in [2.05, 4.69) is 65.6 Å². The lowest BCUT2D eigenvalue weighted by molar-refractivity contribution is -0.220. The highest BCUT2D eigenvalue weighted by atomic mass is 16.6. The van der Waals surface area contributed by atoms with Crippen molar-refractivity contribution < 1.29 is 24.1 Å². The molecule has 6 heteroatoms. The van der Waals surface area contributed by atoms with Gasteiger partial charge in [-0.1, -0.05) is 72.8 Å². The molecule has 2 heterocycles. The summed E-state index contributed by atoms with van der Waals surface area (Å²) in [4.78, 5) is 13.5. The molecule has 6 nitrogen and oxygen atoms in total. The molecule has 0 saturated carbocycles. The van der Waals surface area contributed by atoms with Crippen LogP contribution in [0.4, 0.5) is 0 Å². The van der Waals surface area contributed by atoms with Crippen LogP contribution in [0.1, 0.15) is 40.7 Å². The number of rotatable bonds is 9. The van der Waals surface area contributed by atoms with Gasteiger partial charge >= 0.3 is 5.97 Å². The van der Waals surface area contributed by atoms with Gasteiger partial charge in [-0.25, -0.2) is 4.79 Å². The molecule has 2 saturated heterocycles. The fraction of sp³-hybridized carbons (Fsp3) is 0.344. The molecule has 0 aromatic heterocycles. The molecular weight excluding hydrogens is 478 g/mol. The third-order valence-corrected chi connectivity index (χ3v) is 8.18. The number of aliphatic carboxylic acids is 1. The number of benzene rings is 3. The number of carboxylic acid groups (broad SMARTS) is 1. The maximum absolute atomic E-state index is 10.9. The quantitative estimate of drug-likeness (QED) is 0.429. The number of hydrogen-bond donors (Lipinski definition) is 1. The zero-order chi connectivity index (χ0) is 26.0. The predicted octanol–water partition coefficient (Wildman–Crippen LogP) is 5.15. The molecule has 1 aliphatic carbocycles. The van der Waals surface area contributed by atoms with E-state index in [1.807, 2.05) is 24.3 Å². The van der Waals surface area contributed by atoms with E-state index in [9.17, 15) is 4.79 Å². The first-order chi connectivity index (χ1) is 18.5. The average Bonchev–Trinajstić information content (AvgIpc) is 3.28. The minimum Gasteiger partial charge on any atom is -0.489 e. The molecule has 1 spiro atoms. The Morgan fingerprint density at radius 3 is 2.32 bits per heavy atom. The van der Waals surface area contributed by atoms with Crippen LogP contribution < -0.4 is 4.74 Å². The molecule has 2 aliphatic heterocycles. The summed E-state index contributed by atoms with van der Waals surface area (Å²) in [7, 11) is 0. The fourth-order valence-electron chi connectivity index (χ4n) is 5.82. The summed E-state index contributed by atoms with van der Waals surface area (Å²) >= 11 is 0. The first-order valence-electron chi connectivity index (χ1n) is 13.3. The summed E-state index contributed by atoms with van der Waals surface area (Å²) in [5, 5.41) is 8.94. The van der Waals surface area contributed by atoms with E-state index in [1.54, 1.807) is 0 Å². The van der Waals surface area contributed by atoms with Gasteiger partial charge in [-0.15, -0.1) is 0 Å². The maximum atomic E-state index is 10.9. The highest BCUT2D eigenvalue weighted by Crippen LogP contribution is 2.43. The summed E-state index contributed by atoms with van der Waals surface area (Å²) < 4.78 is 16.9. The van der Waals surface area contributed by atoms with Gasteiger partial charge in [0.15, 0.2) is 0 Å². The van der Waals surface area contributed by atoms with Crippen LogP contribution in [-0.4, -0.2) is 48.9 Å². The van der Waals surface area contributed by atoms with Crippen LogP contribution in [0.2, 0.25) is 0 Å². The van der Waals surface area contributed by atoms with Gasteiger partial charge in [-0.2, -0.15) is 0 Å². The Balaban J connectivity index is 0.990. The molecule has 0 bridgehead atoms. The Hall–Kier alpha value is -3.45. The second-order valence-electron chi connectivity index (χ2n) is 10.7. The standard InChI is InChI=1S/C32H33NO5/c34-30(35)21-38-32(22-36-23-32)27-9-11-28(12-10-27)37-20-25-7-5-24(6-8-25)19-33-17-15-31(16-18-33)14-13-26-3-1-2-4-29(26)31/h1-14H,15-23H2,(H,34,35). The minimum atomic E-state index is -0.987. The van der Waals surface area contributed by atoms with Gasteiger partial charge < -0.3 is 19.3 Å². The van der Waals surface area contributed by atoms with E-state index < -0.39 is 11.6 Å². The third-order valence-electron chi connectivity index (χ3n) is 8.18. The second kappa shape index (κ2) is 10.4. The molecule has 0 unspecified atom stereocenters. The highest BCUT2D eigenvalue weighted by Gasteiger charge is 2.42. The van der Waals surface area contributed by atoms with Crippen LogP contribution >= 0.6 is 0 Å². The maximum Gasteiger partial charge on any atom is 0.329 e. The number of carbonyl (C=O) groups is 1. The molecular formula is C32H33NO5. The van der Waals surface area contributed by atoms with Crippen LogP contribution in [-0.2, 0) is 38.4 Å². The molecule has 3 aliphatic rings. The van der Waals surface area contributed by atoms with Crippen molar-refractivity contribution in [2.75, 3.05) is 32.9 Å². The van der Waals surface area contributed by atoms with E-state index >= 15 is 0 Å². The summed E-state index contributed by atoms with van der Waals surface area (Å²) in [6.07, 6.45) is 7.08. The molecule has 196 valence electrons. The van der Waals surface area contributed by atoms with Gasteiger partial charge in [0, 0.05) is 12.0 Å². The zero-order valence-corrected chi connectivity index (χ0v) is 21.5. The summed E-state index contributed by atoms with van der Waals surface area (Å²) in [6.45, 7) is 4.04. The van der Waals surface area contributed by atoms with E-state index in [-0.39, 0.29) is 12.0 Å². The Morgan fingerprint density at radius 1 is 0.921 bits per heavy atom. The monoisotopic (exact) mass is 511 g/mol. The average molecular weight is 512 g/mol. The largest absolute Gasteiger partial charge is 0.489 e. The number of likely N-dealkylation sites (tertiary alicyclic amines) is 1. The van der Waals surface area contributed by atoms with Crippen molar-refractivity contribution in [2.24, 2.45) is 0 Å². The van der Waals surface area contributed by atoms with Gasteiger partial charge in [-0.3, -0.25) is 4.90 Å². The Bertz CT molecular complexity index is 1300. The van der Waals surface area contributed by atoms with Crippen LogP contribution in [0.5, 0.6) is 5.75 Å². The molecule has 0 radical (unpaired) electrons. The van der Waals surface area contributed by atoms with Gasteiger partial charge in [0.05, 0.1) is 13.2 Å². The van der Waals surface area contributed by atoms with E-state index in [4.69, 9.17) is 19.3 Å². The molecule has 0 atom stereocenters. The van der Waals surface area contributed by atoms with Gasteiger partial charge in [0.1, 0.15) is 24.6 Å². The molecule has 2 fully saturated rings. The Labute approximate surface area is 223 Å². The Kier molecular flexibility index (Phi) is 6.78. The topological polar surface area (TPSA) is 68.2 Å². The van der Waals surface area contributed by atoms with Crippen LogP contribution in [0.15, 0.2) is 78.9 Å². The van der Waals surface area contributed by atoms with Crippen molar-refractivity contribution in [3.63, 3.8) is 0 Å². The SMILES string of the molecule is O=C(O)COC1(c2ccc(OCc3ccc(CN4CCC5(C=Cc6ccccc65)CC4)cc3)cc2)COC1. The number of nitrogens with zero attached hydrogens (tertiary/aromatic N) is 1. The number of carboxylic acids is 1. The van der Waals surface area contributed by atoms with Crippen molar-refractivity contribution in [3.8, 4) is 5.75 Å². The number of ether oxygens (including phenoxy) is 3. The molecule has 3 aromatic rings. The van der Waals surface area contributed by atoms with Crippen molar-refractivity contribution in [1.82, 2.24) is 4.90 Å². The highest BCUT2D eigenvalue weighted by molar-refractivity contribution is 5.68. The van der Waals surface area contributed by atoms with Crippen molar-refractivity contribution >= 4 is 12.0 Å². The summed E-state index contributed by atoms with van der Waals surface area (Å²) in [5.74, 6) is -0.226. The van der Waals surface area contributed by atoms with Gasteiger partial charge in [-0.05, 0) is 65.9 Å². The molecule has 38 heavy (non-hydrogen) atoms. The number of hydrogen-bond acceptors (Lipinski definition) is 5. The summed E-state index contributed by atoms with van der Waals surface area (Å²) in [5.41, 5.74) is 5.78. The Morgan fingerprint density at radius 2 is 1.63 bits per heavy atom. The van der Waals surface area contributed by atoms with E-state index in [0.717, 1.165) is 36.5 Å². The summed E-state index contributed by atoms with van der Waals surface area (Å²) in [6, 6.07) is 25.2. The van der Waals surface area contributed by atoms with Crippen LogP contribution in [0, 0.1) is 0 Å². The van der Waals surface area contributed by atoms with E-state index in [0.29, 0.717) is 19.8 Å². The van der Waals surface area contributed by atoms with Gasteiger partial charge in [0.25, 0.3) is 0 Å². The lowest BCUT2D eigenvalue weighted by Gasteiger charge is -2.41. The fourth-order valence-corrected chi connectivity index (χ4v) is 5.82. The first-order valence-corrected chi connectivity index (χ1v) is 13.3. The second-order valence-corrected chi connectivity index (χ2v) is 10.7. The first kappa shape index (κ1) is 24.9. The molecule has 0 amide bonds. The number of allylic oxidation sites excluding steroid dienone is 1. The van der Waals surface area contributed by atoms with Crippen molar-refractivity contribution in [1.29, 1.82) is 0 Å². The number of piperidine rings is 1. The van der Waals surface area contributed by atoms with E-state index in [1.165, 1.54) is 29.5 Å². The smallest absolute Gasteiger partial charge is 0.329 e. The lowest BCUT2D eigenvalue weighted by atomic mass is 9.74. The van der Waals surface area contributed by atoms with Crippen LogP contribution in [0.25, 0.3) is 6.08 Å².